The molecule has 0 saturated carbocycles. The summed E-state index contributed by atoms with van der Waals surface area (Å²) in [4.78, 5) is 1.59. The average molecular weight is 290 g/mol. The van der Waals surface area contributed by atoms with Crippen LogP contribution in [0.2, 0.25) is 0 Å². The third-order valence-electron chi connectivity index (χ3n) is 4.91. The quantitative estimate of drug-likeness (QED) is 0.495. The Labute approximate surface area is 126 Å². The molecule has 110 valence electrons. The molecule has 1 aromatic rings. The van der Waals surface area contributed by atoms with Crippen molar-refractivity contribution in [2.24, 2.45) is 5.84 Å². The van der Waals surface area contributed by atoms with Crippen LogP contribution in [0.4, 0.5) is 0 Å². The zero-order chi connectivity index (χ0) is 13.8. The van der Waals surface area contributed by atoms with Crippen LogP contribution in [0.3, 0.4) is 0 Å². The molecule has 1 heterocycles. The SMILES string of the molecule is NNC(/C1=C/CCCCCC1)C1CCCc2sccc21. The van der Waals surface area contributed by atoms with Crippen LogP contribution in [0.1, 0.15) is 67.7 Å². The van der Waals surface area contributed by atoms with Crippen molar-refractivity contribution >= 4 is 11.3 Å². The lowest BCUT2D eigenvalue weighted by Crippen LogP contribution is -2.42. The molecule has 2 unspecified atom stereocenters. The normalized spacial score (nSPS) is 27.9. The van der Waals surface area contributed by atoms with Crippen molar-refractivity contribution in [2.75, 3.05) is 0 Å². The van der Waals surface area contributed by atoms with E-state index in [1.165, 1.54) is 57.8 Å². The molecule has 3 N–H and O–H groups in total. The fraction of sp³-hybridized carbons (Fsp3) is 0.647. The summed E-state index contributed by atoms with van der Waals surface area (Å²) in [7, 11) is 0. The summed E-state index contributed by atoms with van der Waals surface area (Å²) < 4.78 is 0. The standard InChI is InChI=1S/C17H26N2S/c18-19-17(13-7-4-2-1-3-5-8-13)15-9-6-10-16-14(15)11-12-20-16/h7,11-12,15,17,19H,1-6,8-10,18H2/b13-7+. The van der Waals surface area contributed by atoms with Crippen molar-refractivity contribution in [2.45, 2.75) is 69.7 Å². The van der Waals surface area contributed by atoms with Crippen LogP contribution in [0.25, 0.3) is 0 Å². The molecule has 0 amide bonds. The molecule has 2 nitrogen and oxygen atoms in total. The predicted octanol–water partition coefficient (Wildman–Crippen LogP) is 4.28. The summed E-state index contributed by atoms with van der Waals surface area (Å²) in [6, 6.07) is 2.68. The van der Waals surface area contributed by atoms with Gasteiger partial charge in [0.05, 0.1) is 0 Å². The lowest BCUT2D eigenvalue weighted by molar-refractivity contribution is 0.424. The Kier molecular flexibility index (Phi) is 4.92. The van der Waals surface area contributed by atoms with Crippen molar-refractivity contribution in [1.82, 2.24) is 5.43 Å². The molecule has 0 aliphatic heterocycles. The second-order valence-electron chi connectivity index (χ2n) is 6.17. The summed E-state index contributed by atoms with van der Waals surface area (Å²) in [5.41, 5.74) is 6.28. The second-order valence-corrected chi connectivity index (χ2v) is 7.17. The Morgan fingerprint density at radius 1 is 1.15 bits per heavy atom. The molecule has 20 heavy (non-hydrogen) atoms. The monoisotopic (exact) mass is 290 g/mol. The van der Waals surface area contributed by atoms with E-state index >= 15 is 0 Å². The van der Waals surface area contributed by atoms with Crippen LogP contribution in [0, 0.1) is 0 Å². The Morgan fingerprint density at radius 2 is 2.05 bits per heavy atom. The zero-order valence-corrected chi connectivity index (χ0v) is 13.1. The summed E-state index contributed by atoms with van der Waals surface area (Å²) >= 11 is 1.92. The smallest absolute Gasteiger partial charge is 0.0488 e. The van der Waals surface area contributed by atoms with Crippen LogP contribution >= 0.6 is 11.3 Å². The molecule has 0 bridgehead atoms. The topological polar surface area (TPSA) is 38.0 Å². The molecule has 2 aliphatic carbocycles. The molecule has 2 aliphatic rings. The van der Waals surface area contributed by atoms with Gasteiger partial charge in [-0.25, -0.2) is 0 Å². The van der Waals surface area contributed by atoms with Gasteiger partial charge in [0.15, 0.2) is 0 Å². The van der Waals surface area contributed by atoms with E-state index in [9.17, 15) is 0 Å². The average Bonchev–Trinajstić information content (AvgIpc) is 2.90. The summed E-state index contributed by atoms with van der Waals surface area (Å²) in [6.45, 7) is 0. The first-order valence-corrected chi connectivity index (χ1v) is 8.99. The third kappa shape index (κ3) is 3.00. The molecular weight excluding hydrogens is 264 g/mol. The highest BCUT2D eigenvalue weighted by Gasteiger charge is 2.30. The molecule has 3 heteroatoms. The molecular formula is C17H26N2S. The Morgan fingerprint density at radius 3 is 2.95 bits per heavy atom. The minimum atomic E-state index is 0.349. The number of nitrogens with two attached hydrogens (primary N) is 1. The van der Waals surface area contributed by atoms with Crippen LogP contribution in [0.15, 0.2) is 23.1 Å². The first-order chi connectivity index (χ1) is 9.90. The molecule has 2 atom stereocenters. The number of hydrogen-bond donors (Lipinski definition) is 2. The van der Waals surface area contributed by atoms with E-state index in [1.807, 2.05) is 11.3 Å². The number of hydrazine groups is 1. The highest BCUT2D eigenvalue weighted by molar-refractivity contribution is 7.10. The van der Waals surface area contributed by atoms with Crippen molar-refractivity contribution in [3.8, 4) is 0 Å². The van der Waals surface area contributed by atoms with Gasteiger partial charge in [0.25, 0.3) is 0 Å². The molecule has 0 aromatic carbocycles. The zero-order valence-electron chi connectivity index (χ0n) is 12.2. The Balaban J connectivity index is 1.83. The number of fused-ring (bicyclic) bond motifs is 1. The number of nitrogens with one attached hydrogen (secondary N) is 1. The second kappa shape index (κ2) is 6.88. The Hall–Kier alpha value is -0.640. The van der Waals surface area contributed by atoms with Gasteiger partial charge in [0.1, 0.15) is 0 Å². The minimum Gasteiger partial charge on any atom is -0.271 e. The largest absolute Gasteiger partial charge is 0.271 e. The fourth-order valence-corrected chi connectivity index (χ4v) is 4.85. The molecule has 0 radical (unpaired) electrons. The van der Waals surface area contributed by atoms with Crippen LogP contribution < -0.4 is 11.3 Å². The lowest BCUT2D eigenvalue weighted by atomic mass is 9.78. The molecule has 3 rings (SSSR count). The van der Waals surface area contributed by atoms with Gasteiger partial charge in [-0.1, -0.05) is 24.5 Å². The maximum atomic E-state index is 5.96. The van der Waals surface area contributed by atoms with Crippen LogP contribution in [-0.2, 0) is 6.42 Å². The van der Waals surface area contributed by atoms with Gasteiger partial charge in [-0.15, -0.1) is 11.3 Å². The van der Waals surface area contributed by atoms with E-state index in [4.69, 9.17) is 5.84 Å². The van der Waals surface area contributed by atoms with Crippen LogP contribution in [0.5, 0.6) is 0 Å². The van der Waals surface area contributed by atoms with Gasteiger partial charge in [-0.05, 0) is 62.0 Å². The van der Waals surface area contributed by atoms with E-state index in [2.05, 4.69) is 22.9 Å². The van der Waals surface area contributed by atoms with Crippen molar-refractivity contribution in [1.29, 1.82) is 0 Å². The lowest BCUT2D eigenvalue weighted by Gasteiger charge is -2.32. The van der Waals surface area contributed by atoms with Crippen molar-refractivity contribution in [3.63, 3.8) is 0 Å². The number of rotatable bonds is 3. The van der Waals surface area contributed by atoms with Gasteiger partial charge < -0.3 is 0 Å². The number of aryl methyl sites for hydroxylation is 1. The first kappa shape index (κ1) is 14.3. The fourth-order valence-electron chi connectivity index (χ4n) is 3.85. The van der Waals surface area contributed by atoms with E-state index in [-0.39, 0.29) is 0 Å². The highest BCUT2D eigenvalue weighted by atomic mass is 32.1. The summed E-state index contributed by atoms with van der Waals surface area (Å²) in [5, 5.41) is 2.25. The van der Waals surface area contributed by atoms with Gasteiger partial charge in [-0.3, -0.25) is 11.3 Å². The van der Waals surface area contributed by atoms with Crippen molar-refractivity contribution in [3.05, 3.63) is 33.5 Å². The van der Waals surface area contributed by atoms with E-state index in [1.54, 1.807) is 16.0 Å². The molecule has 0 fully saturated rings. The first-order valence-electron chi connectivity index (χ1n) is 8.11. The summed E-state index contributed by atoms with van der Waals surface area (Å²) in [6.07, 6.45) is 14.2. The molecule has 0 spiro atoms. The number of allylic oxidation sites excluding steroid dienone is 1. The van der Waals surface area contributed by atoms with Crippen molar-refractivity contribution < 1.29 is 0 Å². The number of hydrogen-bond acceptors (Lipinski definition) is 3. The minimum absolute atomic E-state index is 0.349. The number of thiophene rings is 1. The molecule has 0 saturated heterocycles. The van der Waals surface area contributed by atoms with E-state index in [0.29, 0.717) is 12.0 Å². The Bertz CT molecular complexity index is 463. The van der Waals surface area contributed by atoms with E-state index in [0.717, 1.165) is 0 Å². The maximum absolute atomic E-state index is 5.96. The maximum Gasteiger partial charge on any atom is 0.0488 e. The van der Waals surface area contributed by atoms with Gasteiger partial charge in [0, 0.05) is 16.8 Å². The third-order valence-corrected chi connectivity index (χ3v) is 5.90. The van der Waals surface area contributed by atoms with Gasteiger partial charge in [-0.2, -0.15) is 0 Å². The summed E-state index contributed by atoms with van der Waals surface area (Å²) in [5.74, 6) is 6.55. The molecule has 1 aromatic heterocycles. The van der Waals surface area contributed by atoms with E-state index < -0.39 is 0 Å². The highest BCUT2D eigenvalue weighted by Crippen LogP contribution is 2.39. The predicted molar refractivity (Wildman–Crippen MR) is 86.9 cm³/mol. The van der Waals surface area contributed by atoms with Gasteiger partial charge in [0.2, 0.25) is 0 Å². The van der Waals surface area contributed by atoms with Crippen LogP contribution in [-0.4, -0.2) is 6.04 Å². The van der Waals surface area contributed by atoms with Gasteiger partial charge >= 0.3 is 0 Å².